The molecule has 1 nitrogen and oxygen atoms in total. The first-order chi connectivity index (χ1) is 29.4. The number of nitrogens with zero attached hydrogens (tertiary/aromatic N) is 1. The van der Waals surface area contributed by atoms with Gasteiger partial charge in [-0.2, -0.15) is 0 Å². The molecule has 0 saturated heterocycles. The number of hydrogen-bond acceptors (Lipinski definition) is 1. The minimum atomic E-state index is -0.397. The van der Waals surface area contributed by atoms with Gasteiger partial charge in [0, 0.05) is 27.8 Å². The molecule has 1 aliphatic carbocycles. The van der Waals surface area contributed by atoms with E-state index >= 15 is 0 Å². The van der Waals surface area contributed by atoms with Crippen LogP contribution in [0.2, 0.25) is 0 Å². The number of para-hydroxylation sites is 1. The second-order valence-corrected chi connectivity index (χ2v) is 16.6. The molecule has 0 atom stereocenters. The summed E-state index contributed by atoms with van der Waals surface area (Å²) in [5.41, 5.74) is 19.2. The summed E-state index contributed by atoms with van der Waals surface area (Å²) in [6, 6.07) is 84.4. The number of hydrogen-bond donors (Lipinski definition) is 0. The minimum absolute atomic E-state index is 0.127. The van der Waals surface area contributed by atoms with Gasteiger partial charge in [0.2, 0.25) is 0 Å². The molecule has 0 saturated carbocycles. The molecule has 0 aromatic heterocycles. The first kappa shape index (κ1) is 37.1. The summed E-state index contributed by atoms with van der Waals surface area (Å²) >= 11 is 0. The SMILES string of the molecule is CC1(C)c2ccccc2C(C)(c2ccccc2-c2ccccc2N(c2ccc(-c3ccccc3)cc2)c2ccc(-c3ccc(-c4ccccc4)cc3)cc2)c2ccccc21. The average molecular weight is 770 g/mol. The Morgan fingerprint density at radius 1 is 0.267 bits per heavy atom. The number of benzene rings is 9. The highest BCUT2D eigenvalue weighted by Gasteiger charge is 2.45. The molecule has 0 bridgehead atoms. The zero-order chi connectivity index (χ0) is 40.7. The van der Waals surface area contributed by atoms with E-state index in [-0.39, 0.29) is 5.41 Å². The van der Waals surface area contributed by atoms with Crippen LogP contribution in [0.5, 0.6) is 0 Å². The molecule has 288 valence electrons. The van der Waals surface area contributed by atoms with Crippen molar-refractivity contribution in [2.75, 3.05) is 4.90 Å². The summed E-state index contributed by atoms with van der Waals surface area (Å²) < 4.78 is 0. The Kier molecular flexibility index (Phi) is 9.38. The molecule has 9 aromatic rings. The first-order valence-electron chi connectivity index (χ1n) is 21.0. The van der Waals surface area contributed by atoms with E-state index in [1.165, 1.54) is 72.3 Å². The third kappa shape index (κ3) is 6.35. The van der Waals surface area contributed by atoms with Gasteiger partial charge in [0.05, 0.1) is 5.69 Å². The van der Waals surface area contributed by atoms with Crippen molar-refractivity contribution in [2.24, 2.45) is 0 Å². The van der Waals surface area contributed by atoms with Crippen LogP contribution < -0.4 is 4.90 Å². The molecule has 0 fully saturated rings. The first-order valence-corrected chi connectivity index (χ1v) is 21.0. The molecule has 9 aromatic carbocycles. The molecule has 0 amide bonds. The van der Waals surface area contributed by atoms with Crippen molar-refractivity contribution >= 4 is 17.1 Å². The van der Waals surface area contributed by atoms with Gasteiger partial charge >= 0.3 is 0 Å². The van der Waals surface area contributed by atoms with E-state index in [4.69, 9.17) is 0 Å². The maximum absolute atomic E-state index is 2.44. The monoisotopic (exact) mass is 769 g/mol. The molecule has 0 heterocycles. The lowest BCUT2D eigenvalue weighted by atomic mass is 9.56. The van der Waals surface area contributed by atoms with Gasteiger partial charge in [-0.1, -0.05) is 214 Å². The Bertz CT molecular complexity index is 2870. The molecule has 1 heteroatoms. The molecule has 0 radical (unpaired) electrons. The van der Waals surface area contributed by atoms with Crippen LogP contribution in [0.15, 0.2) is 231 Å². The standard InChI is InChI=1S/C59H47N/c1-58(2)53-25-13-15-27-55(53)59(3,56-28-16-14-26-54(56)58)52-24-12-10-22-50(52)51-23-11-17-29-57(51)60(48-38-34-46(35-39-48)43-20-8-5-9-21-43)49-40-36-47(37-41-49)45-32-30-44(31-33-45)42-18-6-4-7-19-42/h4-41H,1-3H3. The van der Waals surface area contributed by atoms with Gasteiger partial charge in [-0.05, 0) is 104 Å². The number of rotatable bonds is 8. The van der Waals surface area contributed by atoms with E-state index in [1.807, 2.05) is 0 Å². The fourth-order valence-corrected chi connectivity index (χ4v) is 9.71. The van der Waals surface area contributed by atoms with Crippen molar-refractivity contribution in [3.8, 4) is 44.5 Å². The average Bonchev–Trinajstić information content (AvgIpc) is 3.32. The van der Waals surface area contributed by atoms with E-state index in [9.17, 15) is 0 Å². The summed E-state index contributed by atoms with van der Waals surface area (Å²) in [6.45, 7) is 7.18. The van der Waals surface area contributed by atoms with E-state index in [2.05, 4.69) is 256 Å². The fraction of sp³-hybridized carbons (Fsp3) is 0.0847. The molecule has 60 heavy (non-hydrogen) atoms. The lowest BCUT2D eigenvalue weighted by molar-refractivity contribution is 0.542. The minimum Gasteiger partial charge on any atom is -0.310 e. The van der Waals surface area contributed by atoms with Gasteiger partial charge in [-0.15, -0.1) is 0 Å². The molecule has 0 spiro atoms. The highest BCUT2D eigenvalue weighted by atomic mass is 15.1. The Morgan fingerprint density at radius 3 is 1.03 bits per heavy atom. The maximum atomic E-state index is 2.44. The van der Waals surface area contributed by atoms with Crippen LogP contribution in [0.3, 0.4) is 0 Å². The Balaban J connectivity index is 1.12. The van der Waals surface area contributed by atoms with Gasteiger partial charge in [0.1, 0.15) is 0 Å². The second kappa shape index (κ2) is 15.2. The normalized spacial score (nSPS) is 13.5. The zero-order valence-corrected chi connectivity index (χ0v) is 34.4. The van der Waals surface area contributed by atoms with Gasteiger partial charge in [0.25, 0.3) is 0 Å². The molecular formula is C59H47N. The topological polar surface area (TPSA) is 3.24 Å². The smallest absolute Gasteiger partial charge is 0.0540 e. The second-order valence-electron chi connectivity index (χ2n) is 16.6. The van der Waals surface area contributed by atoms with E-state index in [1.54, 1.807) is 0 Å². The van der Waals surface area contributed by atoms with Crippen LogP contribution in [-0.2, 0) is 10.8 Å². The largest absolute Gasteiger partial charge is 0.310 e. The van der Waals surface area contributed by atoms with Crippen molar-refractivity contribution in [1.82, 2.24) is 0 Å². The predicted molar refractivity (Wildman–Crippen MR) is 253 cm³/mol. The lowest BCUT2D eigenvalue weighted by Gasteiger charge is -2.46. The van der Waals surface area contributed by atoms with Crippen LogP contribution in [0.1, 0.15) is 48.6 Å². The highest BCUT2D eigenvalue weighted by molar-refractivity contribution is 5.91. The molecule has 10 rings (SSSR count). The van der Waals surface area contributed by atoms with E-state index in [0.29, 0.717) is 0 Å². The van der Waals surface area contributed by atoms with Crippen molar-refractivity contribution in [3.05, 3.63) is 258 Å². The third-order valence-electron chi connectivity index (χ3n) is 12.9. The highest BCUT2D eigenvalue weighted by Crippen LogP contribution is 2.55. The summed E-state index contributed by atoms with van der Waals surface area (Å²) in [5, 5.41) is 0. The molecule has 0 unspecified atom stereocenters. The van der Waals surface area contributed by atoms with Crippen LogP contribution in [0.4, 0.5) is 17.1 Å². The molecule has 0 aliphatic heterocycles. The molecule has 0 N–H and O–H groups in total. The molecular weight excluding hydrogens is 723 g/mol. The van der Waals surface area contributed by atoms with Gasteiger partial charge in [-0.3, -0.25) is 0 Å². The number of fused-ring (bicyclic) bond motifs is 2. The van der Waals surface area contributed by atoms with Crippen molar-refractivity contribution in [2.45, 2.75) is 31.6 Å². The fourth-order valence-electron chi connectivity index (χ4n) is 9.71. The van der Waals surface area contributed by atoms with Crippen molar-refractivity contribution in [1.29, 1.82) is 0 Å². The lowest BCUT2D eigenvalue weighted by Crippen LogP contribution is -2.39. The quantitative estimate of drug-likeness (QED) is 0.149. The van der Waals surface area contributed by atoms with E-state index in [0.717, 1.165) is 17.1 Å². The number of anilines is 3. The van der Waals surface area contributed by atoms with Crippen LogP contribution in [-0.4, -0.2) is 0 Å². The van der Waals surface area contributed by atoms with E-state index < -0.39 is 5.41 Å². The van der Waals surface area contributed by atoms with Crippen LogP contribution >= 0.6 is 0 Å². The Labute approximate surface area is 354 Å². The Hall–Kier alpha value is -7.22. The Morgan fingerprint density at radius 2 is 0.583 bits per heavy atom. The van der Waals surface area contributed by atoms with Crippen molar-refractivity contribution < 1.29 is 0 Å². The van der Waals surface area contributed by atoms with Gasteiger partial charge < -0.3 is 4.90 Å². The third-order valence-corrected chi connectivity index (χ3v) is 12.9. The summed E-state index contributed by atoms with van der Waals surface area (Å²) in [4.78, 5) is 2.43. The van der Waals surface area contributed by atoms with Gasteiger partial charge in [-0.25, -0.2) is 0 Å². The maximum Gasteiger partial charge on any atom is 0.0540 e. The molecule has 1 aliphatic rings. The van der Waals surface area contributed by atoms with Gasteiger partial charge in [0.15, 0.2) is 0 Å². The summed E-state index contributed by atoms with van der Waals surface area (Å²) in [5.74, 6) is 0. The summed E-state index contributed by atoms with van der Waals surface area (Å²) in [7, 11) is 0. The van der Waals surface area contributed by atoms with Crippen molar-refractivity contribution in [3.63, 3.8) is 0 Å². The van der Waals surface area contributed by atoms with Crippen LogP contribution in [0.25, 0.3) is 44.5 Å². The summed E-state index contributed by atoms with van der Waals surface area (Å²) in [6.07, 6.45) is 0. The van der Waals surface area contributed by atoms with Crippen LogP contribution in [0, 0.1) is 0 Å². The predicted octanol–water partition coefficient (Wildman–Crippen LogP) is 15.8. The zero-order valence-electron chi connectivity index (χ0n) is 34.4.